The number of fused-ring (bicyclic) bond motifs is 1. The first kappa shape index (κ1) is 25.8. The Kier molecular flexibility index (Phi) is 7.63. The van der Waals surface area contributed by atoms with E-state index in [0.717, 1.165) is 5.56 Å². The Morgan fingerprint density at radius 3 is 2.51 bits per heavy atom. The summed E-state index contributed by atoms with van der Waals surface area (Å²) in [5, 5.41) is 0. The number of rotatable bonds is 6. The molecule has 2 amide bonds. The molecule has 188 valence electrons. The maximum Gasteiger partial charge on any atom is 0.244 e. The maximum atomic E-state index is 13.7. The molecule has 7 nitrogen and oxygen atoms in total. The predicted molar refractivity (Wildman–Crippen MR) is 136 cm³/mol. The lowest BCUT2D eigenvalue weighted by Crippen LogP contribution is -2.47. The van der Waals surface area contributed by atoms with Crippen molar-refractivity contribution in [3.8, 4) is 0 Å². The second-order valence-electron chi connectivity index (χ2n) is 8.82. The molecule has 0 bridgehead atoms. The molecule has 2 aliphatic heterocycles. The van der Waals surface area contributed by atoms with Crippen LogP contribution in [0.5, 0.6) is 0 Å². The van der Waals surface area contributed by atoms with Gasteiger partial charge in [-0.05, 0) is 84.1 Å². The van der Waals surface area contributed by atoms with E-state index in [1.54, 1.807) is 41.0 Å². The number of amides is 2. The Labute approximate surface area is 214 Å². The van der Waals surface area contributed by atoms with Gasteiger partial charge in [-0.3, -0.25) is 9.59 Å². The van der Waals surface area contributed by atoms with Crippen molar-refractivity contribution in [2.24, 2.45) is 5.92 Å². The summed E-state index contributed by atoms with van der Waals surface area (Å²) >= 11 is 3.43. The summed E-state index contributed by atoms with van der Waals surface area (Å²) in [6.45, 7) is 4.94. The molecule has 2 heterocycles. The molecule has 4 rings (SSSR count). The molecule has 1 saturated heterocycles. The van der Waals surface area contributed by atoms with Gasteiger partial charge >= 0.3 is 0 Å². The molecule has 2 aromatic carbocycles. The second kappa shape index (κ2) is 10.4. The average molecular weight is 566 g/mol. The number of hydrogen-bond acceptors (Lipinski definition) is 4. The summed E-state index contributed by atoms with van der Waals surface area (Å²) in [4.78, 5) is 29.0. The van der Waals surface area contributed by atoms with Crippen molar-refractivity contribution in [1.29, 1.82) is 0 Å². The quantitative estimate of drug-likeness (QED) is 0.522. The number of nitrogens with zero attached hydrogens (tertiary/aromatic N) is 3. The van der Waals surface area contributed by atoms with Crippen LogP contribution in [0, 0.1) is 11.7 Å². The Hall–Kier alpha value is -2.30. The van der Waals surface area contributed by atoms with Crippen LogP contribution < -0.4 is 9.80 Å². The van der Waals surface area contributed by atoms with Crippen molar-refractivity contribution >= 4 is 49.1 Å². The average Bonchev–Trinajstić information content (AvgIpc) is 3.27. The van der Waals surface area contributed by atoms with Crippen LogP contribution in [-0.4, -0.2) is 50.7 Å². The Morgan fingerprint density at radius 1 is 1.14 bits per heavy atom. The summed E-state index contributed by atoms with van der Waals surface area (Å²) in [6.07, 6.45) is 2.15. The minimum Gasteiger partial charge on any atom is -0.312 e. The van der Waals surface area contributed by atoms with Crippen molar-refractivity contribution in [2.75, 3.05) is 36.0 Å². The van der Waals surface area contributed by atoms with Gasteiger partial charge in [-0.15, -0.1) is 0 Å². The fourth-order valence-corrected chi connectivity index (χ4v) is 7.44. The minimum absolute atomic E-state index is 0.0431. The Morgan fingerprint density at radius 2 is 1.86 bits per heavy atom. The van der Waals surface area contributed by atoms with Gasteiger partial charge < -0.3 is 9.80 Å². The second-order valence-corrected chi connectivity index (χ2v) is 11.6. The highest BCUT2D eigenvalue weighted by molar-refractivity contribution is 9.10. The topological polar surface area (TPSA) is 78.0 Å². The number of anilines is 2. The molecule has 0 saturated carbocycles. The summed E-state index contributed by atoms with van der Waals surface area (Å²) in [7, 11) is -3.91. The van der Waals surface area contributed by atoms with E-state index in [9.17, 15) is 22.4 Å². The number of carbonyl (C=O) groups excluding carboxylic acids is 2. The van der Waals surface area contributed by atoms with Crippen molar-refractivity contribution in [2.45, 2.75) is 44.4 Å². The third-order valence-electron chi connectivity index (χ3n) is 6.70. The van der Waals surface area contributed by atoms with Crippen LogP contribution in [0.25, 0.3) is 0 Å². The Bertz CT molecular complexity index is 1240. The van der Waals surface area contributed by atoms with Gasteiger partial charge in [0.2, 0.25) is 21.8 Å². The molecule has 0 unspecified atom stereocenters. The first-order chi connectivity index (χ1) is 16.7. The van der Waals surface area contributed by atoms with Gasteiger partial charge in [0.1, 0.15) is 5.82 Å². The lowest BCUT2D eigenvalue weighted by atomic mass is 9.97. The molecule has 1 atom stereocenters. The highest BCUT2D eigenvalue weighted by atomic mass is 79.9. The summed E-state index contributed by atoms with van der Waals surface area (Å²) in [6, 6.07) is 9.09. The number of benzene rings is 2. The molecule has 0 aromatic heterocycles. The molecule has 0 aliphatic carbocycles. The van der Waals surface area contributed by atoms with Gasteiger partial charge in [0.05, 0.1) is 10.8 Å². The molecule has 0 spiro atoms. The smallest absolute Gasteiger partial charge is 0.244 e. The molecule has 35 heavy (non-hydrogen) atoms. The number of carbonyl (C=O) groups is 2. The SMILES string of the molecule is CCC(=O)N1CCc2cc(Br)c(S(=O)(=O)N3CCC[C@@H](C(=O)N(CC)c4ccc(F)cc4)C3)cc21. The molecule has 0 N–H and O–H groups in total. The van der Waals surface area contributed by atoms with Gasteiger partial charge in [0, 0.05) is 48.4 Å². The summed E-state index contributed by atoms with van der Waals surface area (Å²) in [5.74, 6) is -1.11. The molecular formula is C25H29BrFN3O4S. The van der Waals surface area contributed by atoms with Gasteiger partial charge in [-0.25, -0.2) is 12.8 Å². The fourth-order valence-electron chi connectivity index (χ4n) is 4.84. The number of halogens is 2. The van der Waals surface area contributed by atoms with Crippen LogP contribution in [0.4, 0.5) is 15.8 Å². The highest BCUT2D eigenvalue weighted by Crippen LogP contribution is 2.38. The van der Waals surface area contributed by atoms with Gasteiger partial charge in [0.25, 0.3) is 0 Å². The van der Waals surface area contributed by atoms with E-state index in [-0.39, 0.29) is 29.1 Å². The van der Waals surface area contributed by atoms with Gasteiger partial charge in [0.15, 0.2) is 0 Å². The molecule has 10 heteroatoms. The minimum atomic E-state index is -3.91. The fraction of sp³-hybridized carbons (Fsp3) is 0.440. The number of sulfonamides is 1. The largest absolute Gasteiger partial charge is 0.312 e. The van der Waals surface area contributed by atoms with E-state index in [0.29, 0.717) is 61.2 Å². The van der Waals surface area contributed by atoms with Crippen LogP contribution in [0.15, 0.2) is 45.8 Å². The summed E-state index contributed by atoms with van der Waals surface area (Å²) in [5.41, 5.74) is 2.15. The number of hydrogen-bond donors (Lipinski definition) is 0. The third-order valence-corrected chi connectivity index (χ3v) is 9.53. The first-order valence-electron chi connectivity index (χ1n) is 11.9. The van der Waals surface area contributed by atoms with E-state index in [1.807, 2.05) is 6.92 Å². The van der Waals surface area contributed by atoms with E-state index in [4.69, 9.17) is 0 Å². The zero-order chi connectivity index (χ0) is 25.3. The van der Waals surface area contributed by atoms with E-state index >= 15 is 0 Å². The van der Waals surface area contributed by atoms with E-state index < -0.39 is 15.9 Å². The normalized spacial score (nSPS) is 18.4. The Balaban J connectivity index is 1.59. The van der Waals surface area contributed by atoms with Gasteiger partial charge in [-0.1, -0.05) is 6.92 Å². The lowest BCUT2D eigenvalue weighted by molar-refractivity contribution is -0.123. The predicted octanol–water partition coefficient (Wildman–Crippen LogP) is 4.34. The third kappa shape index (κ3) is 5.01. The summed E-state index contributed by atoms with van der Waals surface area (Å²) < 4.78 is 42.6. The monoisotopic (exact) mass is 565 g/mol. The van der Waals surface area contributed by atoms with Crippen molar-refractivity contribution in [3.63, 3.8) is 0 Å². The van der Waals surface area contributed by atoms with E-state index in [1.165, 1.54) is 16.4 Å². The molecule has 0 radical (unpaired) electrons. The van der Waals surface area contributed by atoms with E-state index in [2.05, 4.69) is 15.9 Å². The zero-order valence-electron chi connectivity index (χ0n) is 19.8. The molecule has 2 aromatic rings. The van der Waals surface area contributed by atoms with Crippen LogP contribution >= 0.6 is 15.9 Å². The molecule has 1 fully saturated rings. The van der Waals surface area contributed by atoms with Crippen LogP contribution in [-0.2, 0) is 26.0 Å². The maximum absolute atomic E-state index is 13.7. The van der Waals surface area contributed by atoms with Crippen molar-refractivity contribution in [3.05, 3.63) is 52.3 Å². The van der Waals surface area contributed by atoms with Crippen LogP contribution in [0.2, 0.25) is 0 Å². The number of piperidine rings is 1. The van der Waals surface area contributed by atoms with Crippen LogP contribution in [0.3, 0.4) is 0 Å². The highest BCUT2D eigenvalue weighted by Gasteiger charge is 2.37. The standard InChI is InChI=1S/C25H29BrFN3O4S/c1-3-24(31)30-13-11-17-14-21(26)23(15-22(17)30)35(33,34)28-12-5-6-18(16-28)25(32)29(4-2)20-9-7-19(27)8-10-20/h7-10,14-15,18H,3-6,11-13,16H2,1-2H3/t18-/m1/s1. The molecule has 2 aliphatic rings. The molecular weight excluding hydrogens is 537 g/mol. The van der Waals surface area contributed by atoms with Crippen molar-refractivity contribution < 1.29 is 22.4 Å². The lowest BCUT2D eigenvalue weighted by Gasteiger charge is -2.34. The van der Waals surface area contributed by atoms with Gasteiger partial charge in [-0.2, -0.15) is 4.31 Å². The zero-order valence-corrected chi connectivity index (χ0v) is 22.2. The van der Waals surface area contributed by atoms with Crippen molar-refractivity contribution in [1.82, 2.24) is 4.31 Å². The first-order valence-corrected chi connectivity index (χ1v) is 14.1. The van der Waals surface area contributed by atoms with Crippen LogP contribution in [0.1, 0.15) is 38.7 Å².